The number of carbonyl (C=O) groups excluding carboxylic acids is 1. The van der Waals surface area contributed by atoms with Crippen molar-refractivity contribution in [2.45, 2.75) is 38.7 Å². The number of para-hydroxylation sites is 1. The largest absolute Gasteiger partial charge is 0.490 e. The fourth-order valence-electron chi connectivity index (χ4n) is 4.15. The summed E-state index contributed by atoms with van der Waals surface area (Å²) in [5.41, 5.74) is 1.17. The van der Waals surface area contributed by atoms with Gasteiger partial charge in [-0.2, -0.15) is 0 Å². The van der Waals surface area contributed by atoms with Crippen LogP contribution in [0.25, 0.3) is 0 Å². The fraction of sp³-hybridized carbons (Fsp3) is 0.478. The maximum Gasteiger partial charge on any atom is 0.225 e. The molecule has 1 aromatic heterocycles. The van der Waals surface area contributed by atoms with Crippen molar-refractivity contribution in [3.8, 4) is 5.75 Å². The maximum absolute atomic E-state index is 13.0. The van der Waals surface area contributed by atoms with Gasteiger partial charge in [0, 0.05) is 51.1 Å². The Labute approximate surface area is 167 Å². The third-order valence-electron chi connectivity index (χ3n) is 5.86. The molecule has 2 aliphatic rings. The Kier molecular flexibility index (Phi) is 5.79. The van der Waals surface area contributed by atoms with Crippen molar-refractivity contribution >= 4 is 11.7 Å². The van der Waals surface area contributed by atoms with Gasteiger partial charge in [0.15, 0.2) is 0 Å². The number of ether oxygens (including phenoxy) is 1. The molecule has 5 nitrogen and oxygen atoms in total. The van der Waals surface area contributed by atoms with E-state index in [2.05, 4.69) is 33.8 Å². The minimum atomic E-state index is 0.147. The lowest BCUT2D eigenvalue weighted by Gasteiger charge is -2.37. The second-order valence-corrected chi connectivity index (χ2v) is 7.91. The van der Waals surface area contributed by atoms with E-state index in [0.717, 1.165) is 63.4 Å². The van der Waals surface area contributed by atoms with E-state index in [-0.39, 0.29) is 12.0 Å². The molecule has 148 valence electrons. The predicted molar refractivity (Wildman–Crippen MR) is 111 cm³/mol. The molecule has 5 heteroatoms. The second kappa shape index (κ2) is 8.63. The molecule has 0 atom stereocenters. The summed E-state index contributed by atoms with van der Waals surface area (Å²) in [5, 5.41) is 0. The number of hydrogen-bond donors (Lipinski definition) is 0. The molecule has 0 spiro atoms. The number of piperidine rings is 2. The summed E-state index contributed by atoms with van der Waals surface area (Å²) in [6.07, 6.45) is 5.76. The first-order chi connectivity index (χ1) is 13.7. The first-order valence-corrected chi connectivity index (χ1v) is 10.4. The van der Waals surface area contributed by atoms with Gasteiger partial charge >= 0.3 is 0 Å². The van der Waals surface area contributed by atoms with Crippen LogP contribution < -0.4 is 9.64 Å². The number of hydrogen-bond acceptors (Lipinski definition) is 4. The SMILES string of the molecule is Cc1ccc(N2CCC(C(=O)N3CCC(Oc4ccccc4)CC3)CC2)nc1. The van der Waals surface area contributed by atoms with Gasteiger partial charge in [0.1, 0.15) is 17.7 Å². The summed E-state index contributed by atoms with van der Waals surface area (Å²) in [5.74, 6) is 2.42. The summed E-state index contributed by atoms with van der Waals surface area (Å²) in [4.78, 5) is 21.8. The van der Waals surface area contributed by atoms with Crippen LogP contribution in [0.4, 0.5) is 5.82 Å². The standard InChI is InChI=1S/C23H29N3O2/c1-18-7-8-22(24-17-18)25-13-9-19(10-14-25)23(27)26-15-11-21(12-16-26)28-20-5-3-2-4-6-20/h2-8,17,19,21H,9-16H2,1H3. The normalized spacial score (nSPS) is 18.9. The topological polar surface area (TPSA) is 45.7 Å². The number of amides is 1. The molecular formula is C23H29N3O2. The van der Waals surface area contributed by atoms with Crippen LogP contribution in [-0.2, 0) is 4.79 Å². The Bertz CT molecular complexity index is 762. The second-order valence-electron chi connectivity index (χ2n) is 7.91. The lowest BCUT2D eigenvalue weighted by molar-refractivity contribution is -0.138. The van der Waals surface area contributed by atoms with E-state index in [0.29, 0.717) is 5.91 Å². The van der Waals surface area contributed by atoms with E-state index < -0.39 is 0 Å². The maximum atomic E-state index is 13.0. The smallest absolute Gasteiger partial charge is 0.225 e. The third-order valence-corrected chi connectivity index (χ3v) is 5.86. The number of rotatable bonds is 4. The molecule has 0 saturated carbocycles. The lowest BCUT2D eigenvalue weighted by atomic mass is 9.94. The number of aryl methyl sites for hydroxylation is 1. The first-order valence-electron chi connectivity index (χ1n) is 10.4. The van der Waals surface area contributed by atoms with Crippen LogP contribution in [0.2, 0.25) is 0 Å². The summed E-state index contributed by atoms with van der Waals surface area (Å²) in [6, 6.07) is 14.1. The van der Waals surface area contributed by atoms with Gasteiger partial charge in [0.05, 0.1) is 0 Å². The number of likely N-dealkylation sites (tertiary alicyclic amines) is 1. The van der Waals surface area contributed by atoms with Crippen molar-refractivity contribution in [1.82, 2.24) is 9.88 Å². The Morgan fingerprint density at radius 3 is 2.32 bits per heavy atom. The molecule has 0 aliphatic carbocycles. The molecule has 1 amide bonds. The molecule has 0 unspecified atom stereocenters. The van der Waals surface area contributed by atoms with E-state index >= 15 is 0 Å². The molecule has 0 radical (unpaired) electrons. The highest BCUT2D eigenvalue weighted by atomic mass is 16.5. The highest BCUT2D eigenvalue weighted by molar-refractivity contribution is 5.79. The zero-order chi connectivity index (χ0) is 19.3. The molecule has 2 aliphatic heterocycles. The number of pyridine rings is 1. The highest BCUT2D eigenvalue weighted by Crippen LogP contribution is 2.26. The van der Waals surface area contributed by atoms with Crippen LogP contribution in [0.3, 0.4) is 0 Å². The average molecular weight is 380 g/mol. The first kappa shape index (κ1) is 18.8. The number of anilines is 1. The van der Waals surface area contributed by atoms with E-state index in [1.165, 1.54) is 5.56 Å². The van der Waals surface area contributed by atoms with Crippen LogP contribution in [-0.4, -0.2) is 48.1 Å². The van der Waals surface area contributed by atoms with Crippen LogP contribution in [0.5, 0.6) is 5.75 Å². The van der Waals surface area contributed by atoms with Gasteiger partial charge in [-0.1, -0.05) is 24.3 Å². The lowest BCUT2D eigenvalue weighted by Crippen LogP contribution is -2.47. The summed E-state index contributed by atoms with van der Waals surface area (Å²) in [6.45, 7) is 5.46. The van der Waals surface area contributed by atoms with Gasteiger partial charge < -0.3 is 14.5 Å². The van der Waals surface area contributed by atoms with Crippen molar-refractivity contribution in [1.29, 1.82) is 0 Å². The molecule has 2 aromatic rings. The molecule has 0 bridgehead atoms. The Morgan fingerprint density at radius 1 is 0.964 bits per heavy atom. The molecule has 3 heterocycles. The molecule has 2 saturated heterocycles. The number of nitrogens with zero attached hydrogens (tertiary/aromatic N) is 3. The van der Waals surface area contributed by atoms with E-state index in [1.807, 2.05) is 36.5 Å². The highest BCUT2D eigenvalue weighted by Gasteiger charge is 2.31. The molecule has 4 rings (SSSR count). The fourth-order valence-corrected chi connectivity index (χ4v) is 4.15. The monoisotopic (exact) mass is 379 g/mol. The van der Waals surface area contributed by atoms with Crippen molar-refractivity contribution in [3.63, 3.8) is 0 Å². The van der Waals surface area contributed by atoms with Crippen LogP contribution in [0, 0.1) is 12.8 Å². The van der Waals surface area contributed by atoms with Gasteiger partial charge in [-0.25, -0.2) is 4.98 Å². The zero-order valence-corrected chi connectivity index (χ0v) is 16.6. The number of carbonyl (C=O) groups is 1. The van der Waals surface area contributed by atoms with E-state index in [9.17, 15) is 4.79 Å². The van der Waals surface area contributed by atoms with E-state index in [1.54, 1.807) is 0 Å². The molecule has 0 N–H and O–H groups in total. The Balaban J connectivity index is 1.24. The van der Waals surface area contributed by atoms with E-state index in [4.69, 9.17) is 4.74 Å². The Morgan fingerprint density at radius 2 is 1.68 bits per heavy atom. The molecule has 2 fully saturated rings. The Hall–Kier alpha value is -2.56. The molecule has 1 aromatic carbocycles. The van der Waals surface area contributed by atoms with Crippen LogP contribution in [0.15, 0.2) is 48.7 Å². The van der Waals surface area contributed by atoms with Crippen molar-refractivity contribution in [2.75, 3.05) is 31.1 Å². The zero-order valence-electron chi connectivity index (χ0n) is 16.6. The van der Waals surface area contributed by atoms with Crippen molar-refractivity contribution < 1.29 is 9.53 Å². The van der Waals surface area contributed by atoms with Gasteiger partial charge in [0.2, 0.25) is 5.91 Å². The van der Waals surface area contributed by atoms with Crippen molar-refractivity contribution in [2.24, 2.45) is 5.92 Å². The van der Waals surface area contributed by atoms with Crippen LogP contribution >= 0.6 is 0 Å². The third kappa shape index (κ3) is 4.46. The summed E-state index contributed by atoms with van der Waals surface area (Å²) < 4.78 is 6.05. The van der Waals surface area contributed by atoms with Gasteiger partial charge in [-0.05, 0) is 43.5 Å². The minimum absolute atomic E-state index is 0.147. The number of benzene rings is 1. The van der Waals surface area contributed by atoms with Gasteiger partial charge in [-0.15, -0.1) is 0 Å². The van der Waals surface area contributed by atoms with Crippen molar-refractivity contribution in [3.05, 3.63) is 54.2 Å². The number of aromatic nitrogens is 1. The minimum Gasteiger partial charge on any atom is -0.490 e. The van der Waals surface area contributed by atoms with Gasteiger partial charge in [0.25, 0.3) is 0 Å². The average Bonchev–Trinajstić information content (AvgIpc) is 2.75. The van der Waals surface area contributed by atoms with Crippen LogP contribution in [0.1, 0.15) is 31.2 Å². The predicted octanol–water partition coefficient (Wildman–Crippen LogP) is 3.68. The van der Waals surface area contributed by atoms with Gasteiger partial charge in [-0.3, -0.25) is 4.79 Å². The summed E-state index contributed by atoms with van der Waals surface area (Å²) >= 11 is 0. The molecule has 28 heavy (non-hydrogen) atoms. The quantitative estimate of drug-likeness (QED) is 0.813. The molecular weight excluding hydrogens is 350 g/mol. The summed E-state index contributed by atoms with van der Waals surface area (Å²) in [7, 11) is 0.